The first kappa shape index (κ1) is 19.6. The first-order valence-electron chi connectivity index (χ1n) is 7.42. The van der Waals surface area contributed by atoms with E-state index in [1.165, 1.54) is 30.7 Å². The van der Waals surface area contributed by atoms with Crippen molar-refractivity contribution in [2.45, 2.75) is 18.6 Å². The number of carbonyl (C=O) groups is 2. The van der Waals surface area contributed by atoms with E-state index in [9.17, 15) is 22.8 Å². The van der Waals surface area contributed by atoms with E-state index in [1.54, 1.807) is 0 Å². The molecule has 0 saturated carbocycles. The van der Waals surface area contributed by atoms with Crippen molar-refractivity contribution in [3.63, 3.8) is 0 Å². The molecule has 1 atom stereocenters. The van der Waals surface area contributed by atoms with Crippen LogP contribution in [0.3, 0.4) is 0 Å². The molecular formula is C15H17F3N2O6. The molecule has 0 aliphatic carbocycles. The Kier molecular flexibility index (Phi) is 5.80. The number of alkyl halides is 3. The van der Waals surface area contributed by atoms with Crippen molar-refractivity contribution in [2.75, 3.05) is 27.4 Å². The zero-order valence-electron chi connectivity index (χ0n) is 13.9. The lowest BCUT2D eigenvalue weighted by atomic mass is 10.00. The van der Waals surface area contributed by atoms with Gasteiger partial charge < -0.3 is 19.1 Å². The summed E-state index contributed by atoms with van der Waals surface area (Å²) in [5.74, 6) is -1.79. The standard InChI is InChI=1S/C15H17F3N2O6/c1-24-10-5-8(14(22)20-4-3-9(20)13(21)19-23)6-11(12(10)25-2)26-7-15(16,17)18/h5-6,9,23H,3-4,7H2,1-2H3,(H,19,21). The summed E-state index contributed by atoms with van der Waals surface area (Å²) in [6, 6.07) is 1.50. The first-order chi connectivity index (χ1) is 12.2. The molecule has 1 aromatic rings. The first-order valence-corrected chi connectivity index (χ1v) is 7.42. The molecule has 1 aliphatic heterocycles. The summed E-state index contributed by atoms with van der Waals surface area (Å²) < 4.78 is 52.1. The maximum Gasteiger partial charge on any atom is 0.422 e. The molecule has 1 heterocycles. The summed E-state index contributed by atoms with van der Waals surface area (Å²) in [4.78, 5) is 25.2. The minimum absolute atomic E-state index is 0.000734. The van der Waals surface area contributed by atoms with Gasteiger partial charge in [0.15, 0.2) is 18.1 Å². The van der Waals surface area contributed by atoms with Crippen molar-refractivity contribution < 1.29 is 42.2 Å². The molecule has 1 saturated heterocycles. The lowest BCUT2D eigenvalue weighted by Gasteiger charge is -2.39. The van der Waals surface area contributed by atoms with Gasteiger partial charge in [-0.3, -0.25) is 14.8 Å². The monoisotopic (exact) mass is 378 g/mol. The molecule has 2 N–H and O–H groups in total. The zero-order valence-corrected chi connectivity index (χ0v) is 13.9. The summed E-state index contributed by atoms with van der Waals surface area (Å²) in [5, 5.41) is 8.68. The Bertz CT molecular complexity index is 695. The zero-order chi connectivity index (χ0) is 19.5. The van der Waals surface area contributed by atoms with Gasteiger partial charge in [0.1, 0.15) is 6.04 Å². The number of ether oxygens (including phenoxy) is 3. The van der Waals surface area contributed by atoms with Crippen LogP contribution in [-0.2, 0) is 4.79 Å². The van der Waals surface area contributed by atoms with Crippen molar-refractivity contribution in [3.05, 3.63) is 17.7 Å². The van der Waals surface area contributed by atoms with Gasteiger partial charge in [-0.05, 0) is 18.6 Å². The van der Waals surface area contributed by atoms with Crippen LogP contribution in [0.25, 0.3) is 0 Å². The second kappa shape index (κ2) is 7.68. The number of amides is 2. The second-order valence-corrected chi connectivity index (χ2v) is 5.39. The molecule has 0 aromatic heterocycles. The molecular weight excluding hydrogens is 361 g/mol. The van der Waals surface area contributed by atoms with Crippen molar-refractivity contribution >= 4 is 11.8 Å². The van der Waals surface area contributed by atoms with E-state index in [0.29, 0.717) is 6.42 Å². The Morgan fingerprint density at radius 2 is 1.92 bits per heavy atom. The molecule has 11 heteroatoms. The highest BCUT2D eigenvalue weighted by molar-refractivity contribution is 5.99. The van der Waals surface area contributed by atoms with Crippen LogP contribution in [0.15, 0.2) is 12.1 Å². The number of hydroxylamine groups is 1. The van der Waals surface area contributed by atoms with E-state index in [0.717, 1.165) is 6.07 Å². The van der Waals surface area contributed by atoms with Gasteiger partial charge in [0, 0.05) is 12.1 Å². The van der Waals surface area contributed by atoms with Gasteiger partial charge in [-0.25, -0.2) is 5.48 Å². The average Bonchev–Trinajstić information content (AvgIpc) is 2.56. The van der Waals surface area contributed by atoms with Crippen LogP contribution in [0.5, 0.6) is 17.2 Å². The van der Waals surface area contributed by atoms with Gasteiger partial charge in [-0.2, -0.15) is 13.2 Å². The second-order valence-electron chi connectivity index (χ2n) is 5.39. The average molecular weight is 378 g/mol. The molecule has 0 spiro atoms. The summed E-state index contributed by atoms with van der Waals surface area (Å²) in [5.41, 5.74) is 1.42. The lowest BCUT2D eigenvalue weighted by Crippen LogP contribution is -2.57. The van der Waals surface area contributed by atoms with Crippen LogP contribution in [0.4, 0.5) is 13.2 Å². The topological polar surface area (TPSA) is 97.3 Å². The van der Waals surface area contributed by atoms with Crippen molar-refractivity contribution in [1.82, 2.24) is 10.4 Å². The molecule has 8 nitrogen and oxygen atoms in total. The fraction of sp³-hybridized carbons (Fsp3) is 0.467. The minimum Gasteiger partial charge on any atom is -0.493 e. The van der Waals surface area contributed by atoms with Gasteiger partial charge in [0.25, 0.3) is 11.8 Å². The van der Waals surface area contributed by atoms with Crippen LogP contribution in [0.2, 0.25) is 0 Å². The molecule has 0 bridgehead atoms. The smallest absolute Gasteiger partial charge is 0.422 e. The normalized spacial score (nSPS) is 16.5. The van der Waals surface area contributed by atoms with Crippen molar-refractivity contribution in [1.29, 1.82) is 0 Å². The Morgan fingerprint density at radius 1 is 1.27 bits per heavy atom. The van der Waals surface area contributed by atoms with Gasteiger partial charge >= 0.3 is 6.18 Å². The molecule has 2 amide bonds. The number of nitrogens with zero attached hydrogens (tertiary/aromatic N) is 1. The molecule has 144 valence electrons. The van der Waals surface area contributed by atoms with E-state index in [1.807, 2.05) is 0 Å². The molecule has 2 rings (SSSR count). The Balaban J connectivity index is 2.33. The number of halogens is 3. The Hall–Kier alpha value is -2.69. The molecule has 1 aliphatic rings. The number of methoxy groups -OCH3 is 2. The van der Waals surface area contributed by atoms with Crippen molar-refractivity contribution in [3.8, 4) is 17.2 Å². The number of benzene rings is 1. The fourth-order valence-corrected chi connectivity index (χ4v) is 2.46. The van der Waals surface area contributed by atoms with E-state index >= 15 is 0 Å². The predicted molar refractivity (Wildman–Crippen MR) is 80.5 cm³/mol. The van der Waals surface area contributed by atoms with Gasteiger partial charge in [-0.1, -0.05) is 0 Å². The lowest BCUT2D eigenvalue weighted by molar-refractivity contribution is -0.153. The van der Waals surface area contributed by atoms with Gasteiger partial charge in [0.05, 0.1) is 14.2 Å². The highest BCUT2D eigenvalue weighted by Gasteiger charge is 2.38. The summed E-state index contributed by atoms with van der Waals surface area (Å²) in [7, 11) is 2.47. The van der Waals surface area contributed by atoms with Crippen LogP contribution in [0, 0.1) is 0 Å². The third-order valence-corrected chi connectivity index (χ3v) is 3.78. The van der Waals surface area contributed by atoms with E-state index in [-0.39, 0.29) is 29.4 Å². The summed E-state index contributed by atoms with van der Waals surface area (Å²) >= 11 is 0. The van der Waals surface area contributed by atoms with Crippen LogP contribution in [-0.4, -0.2) is 61.5 Å². The van der Waals surface area contributed by atoms with Crippen LogP contribution in [0.1, 0.15) is 16.8 Å². The molecule has 0 radical (unpaired) electrons. The molecule has 1 unspecified atom stereocenters. The molecule has 1 fully saturated rings. The van der Waals surface area contributed by atoms with E-state index in [4.69, 9.17) is 19.4 Å². The Labute approximate surface area is 146 Å². The third-order valence-electron chi connectivity index (χ3n) is 3.78. The van der Waals surface area contributed by atoms with Crippen LogP contribution < -0.4 is 19.7 Å². The highest BCUT2D eigenvalue weighted by Crippen LogP contribution is 2.40. The highest BCUT2D eigenvalue weighted by atomic mass is 19.4. The van der Waals surface area contributed by atoms with E-state index in [2.05, 4.69) is 0 Å². The maximum absolute atomic E-state index is 12.6. The number of hydrogen-bond acceptors (Lipinski definition) is 6. The minimum atomic E-state index is -4.58. The fourth-order valence-electron chi connectivity index (χ4n) is 2.46. The number of likely N-dealkylation sites (tertiary alicyclic amines) is 1. The summed E-state index contributed by atoms with van der Waals surface area (Å²) in [6.07, 6.45) is -4.23. The quantitative estimate of drug-likeness (QED) is 0.573. The van der Waals surface area contributed by atoms with Crippen molar-refractivity contribution in [2.24, 2.45) is 0 Å². The number of rotatable bonds is 6. The predicted octanol–water partition coefficient (Wildman–Crippen LogP) is 1.36. The largest absolute Gasteiger partial charge is 0.493 e. The molecule has 26 heavy (non-hydrogen) atoms. The Morgan fingerprint density at radius 3 is 2.38 bits per heavy atom. The van der Waals surface area contributed by atoms with Crippen LogP contribution >= 0.6 is 0 Å². The number of carbonyl (C=O) groups excluding carboxylic acids is 2. The van der Waals surface area contributed by atoms with Gasteiger partial charge in [-0.15, -0.1) is 0 Å². The number of hydrogen-bond donors (Lipinski definition) is 2. The number of nitrogens with one attached hydrogen (secondary N) is 1. The third kappa shape index (κ3) is 4.10. The SMILES string of the molecule is COc1cc(C(=O)N2CCC2C(=O)NO)cc(OCC(F)(F)F)c1OC. The van der Waals surface area contributed by atoms with Gasteiger partial charge in [0.2, 0.25) is 5.75 Å². The van der Waals surface area contributed by atoms with E-state index < -0.39 is 30.6 Å². The molecule has 1 aromatic carbocycles. The maximum atomic E-state index is 12.6. The summed E-state index contributed by atoms with van der Waals surface area (Å²) in [6.45, 7) is -1.33.